The molecule has 0 radical (unpaired) electrons. The van der Waals surface area contributed by atoms with Gasteiger partial charge in [0.2, 0.25) is 5.91 Å². The highest BCUT2D eigenvalue weighted by Crippen LogP contribution is 2.62. The third kappa shape index (κ3) is 2.35. The van der Waals surface area contributed by atoms with E-state index in [0.29, 0.717) is 41.5 Å². The van der Waals surface area contributed by atoms with Crippen molar-refractivity contribution in [1.29, 1.82) is 0 Å². The lowest BCUT2D eigenvalue weighted by Crippen LogP contribution is -2.56. The molecule has 2 atom stereocenters. The lowest BCUT2D eigenvalue weighted by atomic mass is 9.45. The number of carbonyl (C=O) groups is 2. The van der Waals surface area contributed by atoms with E-state index in [1.165, 1.54) is 0 Å². The molecule has 4 fully saturated rings. The highest BCUT2D eigenvalue weighted by molar-refractivity contribution is 5.95. The first kappa shape index (κ1) is 15.9. The molecule has 4 bridgehead atoms. The van der Waals surface area contributed by atoms with Crippen molar-refractivity contribution in [3.63, 3.8) is 0 Å². The molecule has 6 rings (SSSR count). The Hall–Kier alpha value is -2.37. The van der Waals surface area contributed by atoms with Gasteiger partial charge in [-0.05, 0) is 61.8 Å². The van der Waals surface area contributed by atoms with Crippen LogP contribution in [-0.4, -0.2) is 16.8 Å². The normalized spacial score (nSPS) is 34.9. The molecule has 2 aromatic rings. The highest BCUT2D eigenvalue weighted by atomic mass is 16.5. The maximum Gasteiger partial charge on any atom is 0.223 e. The van der Waals surface area contributed by atoms with Crippen LogP contribution >= 0.6 is 0 Å². The molecule has 4 aliphatic carbocycles. The van der Waals surface area contributed by atoms with E-state index in [9.17, 15) is 9.59 Å². The second kappa shape index (κ2) is 5.56. The molecule has 6 heteroatoms. The molecule has 6 nitrogen and oxygen atoms in total. The molecule has 0 aliphatic heterocycles. The van der Waals surface area contributed by atoms with Crippen LogP contribution in [0.3, 0.4) is 0 Å². The van der Waals surface area contributed by atoms with E-state index in [1.807, 2.05) is 0 Å². The molecule has 1 amide bonds. The lowest BCUT2D eigenvalue weighted by molar-refractivity contribution is -0.149. The number of ketones is 1. The zero-order valence-corrected chi connectivity index (χ0v) is 14.5. The molecular weight excluding hydrogens is 332 g/mol. The number of rotatable bonds is 5. The molecule has 136 valence electrons. The van der Waals surface area contributed by atoms with Crippen LogP contribution in [0.25, 0.3) is 11.3 Å². The lowest BCUT2D eigenvalue weighted by Gasteiger charge is -2.58. The van der Waals surface area contributed by atoms with Crippen molar-refractivity contribution in [2.24, 2.45) is 34.8 Å². The number of Topliss-reactive ketones (excluding diaryl/α,β-unsaturated/α-hetero) is 1. The second-order valence-electron chi connectivity index (χ2n) is 8.49. The van der Waals surface area contributed by atoms with Gasteiger partial charge in [-0.2, -0.15) is 0 Å². The minimum atomic E-state index is -0.307. The number of carbonyl (C=O) groups excluding carboxylic acids is 2. The molecule has 0 saturated heterocycles. The Balaban J connectivity index is 1.33. The van der Waals surface area contributed by atoms with E-state index in [4.69, 9.17) is 14.7 Å². The SMILES string of the molecule is NC(=O)C12CC3CC(C1)C(CC(=O)c1cc(-c4ccoc4)on1)C(C3)C2. The average molecular weight is 354 g/mol. The van der Waals surface area contributed by atoms with Crippen LogP contribution in [-0.2, 0) is 4.79 Å². The van der Waals surface area contributed by atoms with E-state index in [-0.39, 0.29) is 17.1 Å². The Morgan fingerprint density at radius 2 is 2.00 bits per heavy atom. The molecule has 2 unspecified atom stereocenters. The number of nitrogens with two attached hydrogens (primary N) is 1. The monoisotopic (exact) mass is 354 g/mol. The first-order valence-electron chi connectivity index (χ1n) is 9.36. The van der Waals surface area contributed by atoms with Gasteiger partial charge in [0.05, 0.1) is 11.8 Å². The summed E-state index contributed by atoms with van der Waals surface area (Å²) in [5, 5.41) is 3.96. The van der Waals surface area contributed by atoms with Crippen molar-refractivity contribution in [1.82, 2.24) is 5.16 Å². The van der Waals surface area contributed by atoms with E-state index in [1.54, 1.807) is 24.7 Å². The van der Waals surface area contributed by atoms with Crippen molar-refractivity contribution < 1.29 is 18.5 Å². The number of furan rings is 1. The standard InChI is InChI=1S/C20H22N2O4/c21-19(24)20-7-11-3-13(8-20)15(14(4-11)9-20)5-17(23)16-6-18(26-22-16)12-1-2-25-10-12/h1-2,6,10-11,13-15H,3-5,7-9H2,(H2,21,24). The van der Waals surface area contributed by atoms with Crippen molar-refractivity contribution >= 4 is 11.7 Å². The van der Waals surface area contributed by atoms with E-state index in [0.717, 1.165) is 37.7 Å². The summed E-state index contributed by atoms with van der Waals surface area (Å²) in [4.78, 5) is 24.8. The summed E-state index contributed by atoms with van der Waals surface area (Å²) in [6, 6.07) is 3.46. The summed E-state index contributed by atoms with van der Waals surface area (Å²) in [7, 11) is 0. The minimum absolute atomic E-state index is 0.0223. The Bertz CT molecular complexity index is 837. The number of nitrogens with zero attached hydrogens (tertiary/aromatic N) is 1. The summed E-state index contributed by atoms with van der Waals surface area (Å²) in [5.41, 5.74) is 6.58. The quantitative estimate of drug-likeness (QED) is 0.829. The first-order chi connectivity index (χ1) is 12.5. The van der Waals surface area contributed by atoms with Gasteiger partial charge >= 0.3 is 0 Å². The van der Waals surface area contributed by atoms with Gasteiger partial charge in [-0.1, -0.05) is 5.16 Å². The third-order valence-corrected chi connectivity index (χ3v) is 7.01. The van der Waals surface area contributed by atoms with Crippen molar-refractivity contribution in [3.05, 3.63) is 30.4 Å². The molecule has 26 heavy (non-hydrogen) atoms. The molecule has 0 aromatic carbocycles. The fourth-order valence-electron chi connectivity index (χ4n) is 6.03. The Labute approximate surface area is 151 Å². The van der Waals surface area contributed by atoms with Gasteiger partial charge in [0, 0.05) is 17.9 Å². The fraction of sp³-hybridized carbons (Fsp3) is 0.550. The molecule has 2 N–H and O–H groups in total. The topological polar surface area (TPSA) is 99.3 Å². The number of hydrogen-bond donors (Lipinski definition) is 1. The van der Waals surface area contributed by atoms with Crippen LogP contribution in [0.5, 0.6) is 0 Å². The van der Waals surface area contributed by atoms with Crippen LogP contribution in [0, 0.1) is 29.1 Å². The predicted molar refractivity (Wildman–Crippen MR) is 91.8 cm³/mol. The molecule has 0 spiro atoms. The van der Waals surface area contributed by atoms with E-state index >= 15 is 0 Å². The third-order valence-electron chi connectivity index (χ3n) is 7.01. The molecule has 4 saturated carbocycles. The van der Waals surface area contributed by atoms with Crippen molar-refractivity contribution in [2.45, 2.75) is 38.5 Å². The molecular formula is C20H22N2O4. The fourth-order valence-corrected chi connectivity index (χ4v) is 6.03. The van der Waals surface area contributed by atoms with Gasteiger partial charge in [0.1, 0.15) is 12.0 Å². The van der Waals surface area contributed by atoms with Crippen LogP contribution in [0.1, 0.15) is 49.0 Å². The Morgan fingerprint density at radius 1 is 1.23 bits per heavy atom. The second-order valence-corrected chi connectivity index (χ2v) is 8.49. The van der Waals surface area contributed by atoms with Crippen LogP contribution in [0.4, 0.5) is 0 Å². The molecule has 2 aromatic heterocycles. The number of primary amides is 1. The summed E-state index contributed by atoms with van der Waals surface area (Å²) in [6.45, 7) is 0. The maximum absolute atomic E-state index is 12.8. The van der Waals surface area contributed by atoms with Crippen molar-refractivity contribution in [3.8, 4) is 11.3 Å². The van der Waals surface area contributed by atoms with Gasteiger partial charge in [0.25, 0.3) is 0 Å². The molecule has 2 heterocycles. The smallest absolute Gasteiger partial charge is 0.223 e. The summed E-state index contributed by atoms with van der Waals surface area (Å²) < 4.78 is 10.3. The van der Waals surface area contributed by atoms with Crippen molar-refractivity contribution in [2.75, 3.05) is 0 Å². The summed E-state index contributed by atoms with van der Waals surface area (Å²) in [6.07, 6.45) is 8.52. The first-order valence-corrected chi connectivity index (χ1v) is 9.36. The molecule has 4 aliphatic rings. The zero-order valence-electron chi connectivity index (χ0n) is 14.5. The van der Waals surface area contributed by atoms with Gasteiger partial charge in [0.15, 0.2) is 11.5 Å². The minimum Gasteiger partial charge on any atom is -0.472 e. The Morgan fingerprint density at radius 3 is 2.65 bits per heavy atom. The van der Waals surface area contributed by atoms with Gasteiger partial charge < -0.3 is 14.7 Å². The average Bonchev–Trinajstić information content (AvgIpc) is 3.28. The summed E-state index contributed by atoms with van der Waals surface area (Å²) in [5.74, 6) is 2.22. The Kier molecular flexibility index (Phi) is 3.39. The van der Waals surface area contributed by atoms with Crippen LogP contribution in [0.2, 0.25) is 0 Å². The largest absolute Gasteiger partial charge is 0.472 e. The van der Waals surface area contributed by atoms with Crippen LogP contribution in [0.15, 0.2) is 33.6 Å². The van der Waals surface area contributed by atoms with Gasteiger partial charge in [-0.25, -0.2) is 0 Å². The van der Waals surface area contributed by atoms with Gasteiger partial charge in [-0.15, -0.1) is 0 Å². The number of hydrogen-bond acceptors (Lipinski definition) is 5. The summed E-state index contributed by atoms with van der Waals surface area (Å²) >= 11 is 0. The number of amides is 1. The maximum atomic E-state index is 12.8. The van der Waals surface area contributed by atoms with E-state index < -0.39 is 0 Å². The van der Waals surface area contributed by atoms with Crippen LogP contribution < -0.4 is 5.73 Å². The highest BCUT2D eigenvalue weighted by Gasteiger charge is 2.57. The van der Waals surface area contributed by atoms with E-state index in [2.05, 4.69) is 5.16 Å². The zero-order chi connectivity index (χ0) is 17.9. The number of aromatic nitrogens is 1. The predicted octanol–water partition coefficient (Wildman–Crippen LogP) is 3.44. The van der Waals surface area contributed by atoms with Gasteiger partial charge in [-0.3, -0.25) is 9.59 Å².